The number of hydrogen-bond acceptors (Lipinski definition) is 5. The van der Waals surface area contributed by atoms with Gasteiger partial charge in [0.2, 0.25) is 10.0 Å². The Bertz CT molecular complexity index is 934. The van der Waals surface area contributed by atoms with Gasteiger partial charge in [0.25, 0.3) is 11.8 Å². The number of aryl methyl sites for hydroxylation is 1. The second-order valence-corrected chi connectivity index (χ2v) is 9.18. The number of carbonyl (C=O) groups is 2. The molecule has 0 radical (unpaired) electrons. The van der Waals surface area contributed by atoms with E-state index in [1.165, 1.54) is 27.8 Å². The second-order valence-electron chi connectivity index (χ2n) is 6.33. The number of hydrazine groups is 1. The zero-order valence-corrected chi connectivity index (χ0v) is 16.5. The van der Waals surface area contributed by atoms with E-state index in [1.807, 2.05) is 0 Å². The van der Waals surface area contributed by atoms with Gasteiger partial charge in [-0.05, 0) is 48.9 Å². The Hall–Kier alpha value is -2.23. The number of nitrogens with zero attached hydrogens (tertiary/aromatic N) is 1. The van der Waals surface area contributed by atoms with E-state index in [4.69, 9.17) is 0 Å². The fourth-order valence-electron chi connectivity index (χ4n) is 2.92. The van der Waals surface area contributed by atoms with Crippen LogP contribution in [0.15, 0.2) is 40.6 Å². The third-order valence-electron chi connectivity index (χ3n) is 4.42. The summed E-state index contributed by atoms with van der Waals surface area (Å²) in [5, 5.41) is 1.76. The van der Waals surface area contributed by atoms with Crippen molar-refractivity contribution in [2.45, 2.75) is 31.1 Å². The molecule has 0 saturated carbocycles. The van der Waals surface area contributed by atoms with Crippen LogP contribution in [0.3, 0.4) is 0 Å². The fourth-order valence-corrected chi connectivity index (χ4v) is 5.31. The maximum atomic E-state index is 12.9. The Morgan fingerprint density at radius 2 is 1.74 bits per heavy atom. The third-order valence-corrected chi connectivity index (χ3v) is 7.33. The van der Waals surface area contributed by atoms with Gasteiger partial charge >= 0.3 is 0 Å². The predicted octanol–water partition coefficient (Wildman–Crippen LogP) is 2.31. The highest BCUT2D eigenvalue weighted by atomic mass is 32.2. The van der Waals surface area contributed by atoms with E-state index in [0.29, 0.717) is 23.5 Å². The molecule has 3 rings (SSSR count). The van der Waals surface area contributed by atoms with Crippen molar-refractivity contribution in [2.75, 3.05) is 13.1 Å². The topological polar surface area (TPSA) is 95.6 Å². The molecule has 0 atom stereocenters. The lowest BCUT2D eigenvalue weighted by atomic mass is 10.1. The number of thiophene rings is 1. The fraction of sp³-hybridized carbons (Fsp3) is 0.333. The first-order chi connectivity index (χ1) is 12.9. The van der Waals surface area contributed by atoms with Gasteiger partial charge in [-0.3, -0.25) is 20.4 Å². The van der Waals surface area contributed by atoms with Gasteiger partial charge in [-0.1, -0.05) is 18.6 Å². The molecule has 27 heavy (non-hydrogen) atoms. The van der Waals surface area contributed by atoms with Gasteiger partial charge in [0.1, 0.15) is 0 Å². The largest absolute Gasteiger partial charge is 0.279 e. The van der Waals surface area contributed by atoms with Crippen LogP contribution in [0.25, 0.3) is 0 Å². The van der Waals surface area contributed by atoms with Crippen LogP contribution in [0.1, 0.15) is 44.9 Å². The molecular weight excluding hydrogens is 386 g/mol. The van der Waals surface area contributed by atoms with E-state index in [1.54, 1.807) is 30.5 Å². The van der Waals surface area contributed by atoms with Crippen LogP contribution < -0.4 is 10.9 Å². The first-order valence-electron chi connectivity index (χ1n) is 8.64. The first-order valence-corrected chi connectivity index (χ1v) is 11.0. The van der Waals surface area contributed by atoms with Crippen molar-refractivity contribution >= 4 is 33.2 Å². The van der Waals surface area contributed by atoms with E-state index in [0.717, 1.165) is 19.3 Å². The molecular formula is C18H21N3O4S2. The number of sulfonamides is 1. The minimum absolute atomic E-state index is 0.127. The molecule has 1 fully saturated rings. The summed E-state index contributed by atoms with van der Waals surface area (Å²) < 4.78 is 27.3. The molecule has 9 heteroatoms. The minimum atomic E-state index is -3.65. The maximum Gasteiger partial charge on any atom is 0.279 e. The average Bonchev–Trinajstić information content (AvgIpc) is 3.21. The van der Waals surface area contributed by atoms with Crippen LogP contribution in [-0.2, 0) is 10.0 Å². The highest BCUT2D eigenvalue weighted by Crippen LogP contribution is 2.24. The number of carbonyl (C=O) groups excluding carboxylic acids is 2. The Morgan fingerprint density at radius 3 is 2.41 bits per heavy atom. The summed E-state index contributed by atoms with van der Waals surface area (Å²) in [6.07, 6.45) is 2.71. The zero-order valence-electron chi connectivity index (χ0n) is 14.9. The summed E-state index contributed by atoms with van der Waals surface area (Å²) in [5.74, 6) is -0.998. The minimum Gasteiger partial charge on any atom is -0.267 e. The molecule has 0 unspecified atom stereocenters. The number of amides is 2. The van der Waals surface area contributed by atoms with Crippen molar-refractivity contribution in [2.24, 2.45) is 0 Å². The average molecular weight is 408 g/mol. The Balaban J connectivity index is 1.76. The van der Waals surface area contributed by atoms with Crippen LogP contribution >= 0.6 is 11.3 Å². The maximum absolute atomic E-state index is 12.9. The highest BCUT2D eigenvalue weighted by molar-refractivity contribution is 7.89. The van der Waals surface area contributed by atoms with Gasteiger partial charge in [0.15, 0.2) is 0 Å². The van der Waals surface area contributed by atoms with E-state index in [9.17, 15) is 18.0 Å². The molecule has 144 valence electrons. The smallest absolute Gasteiger partial charge is 0.267 e. The highest BCUT2D eigenvalue weighted by Gasteiger charge is 2.28. The summed E-state index contributed by atoms with van der Waals surface area (Å²) in [6.45, 7) is 2.70. The number of benzene rings is 1. The molecule has 2 aromatic rings. The van der Waals surface area contributed by atoms with E-state index < -0.39 is 21.8 Å². The molecule has 2 N–H and O–H groups in total. The van der Waals surface area contributed by atoms with Crippen molar-refractivity contribution in [1.82, 2.24) is 15.2 Å². The molecule has 2 amide bonds. The molecule has 1 aliphatic rings. The SMILES string of the molecule is Cc1ccc(C(=O)NNC(=O)c2cccs2)cc1S(=O)(=O)N1CCCCC1. The predicted molar refractivity (Wildman–Crippen MR) is 103 cm³/mol. The monoisotopic (exact) mass is 407 g/mol. The zero-order chi connectivity index (χ0) is 19.4. The molecule has 1 saturated heterocycles. The molecule has 0 spiro atoms. The van der Waals surface area contributed by atoms with Gasteiger partial charge in [-0.15, -0.1) is 11.3 Å². The van der Waals surface area contributed by atoms with Gasteiger partial charge in [0.05, 0.1) is 9.77 Å². The van der Waals surface area contributed by atoms with Crippen LogP contribution in [-0.4, -0.2) is 37.6 Å². The molecule has 0 aliphatic carbocycles. The van der Waals surface area contributed by atoms with Gasteiger partial charge in [0, 0.05) is 18.7 Å². The summed E-state index contributed by atoms with van der Waals surface area (Å²) >= 11 is 1.25. The number of piperidine rings is 1. The third kappa shape index (κ3) is 4.37. The normalized spacial score (nSPS) is 15.3. The van der Waals surface area contributed by atoms with Crippen LogP contribution in [0.4, 0.5) is 0 Å². The molecule has 1 aromatic heterocycles. The molecule has 1 aromatic carbocycles. The number of rotatable bonds is 4. The van der Waals surface area contributed by atoms with E-state index in [2.05, 4.69) is 10.9 Å². The Kier molecular flexibility index (Phi) is 5.93. The van der Waals surface area contributed by atoms with E-state index in [-0.39, 0.29) is 10.5 Å². The second kappa shape index (κ2) is 8.20. The molecule has 7 nitrogen and oxygen atoms in total. The van der Waals surface area contributed by atoms with Crippen LogP contribution in [0, 0.1) is 6.92 Å². The lowest BCUT2D eigenvalue weighted by Crippen LogP contribution is -2.41. The Morgan fingerprint density at radius 1 is 1.04 bits per heavy atom. The molecule has 1 aliphatic heterocycles. The van der Waals surface area contributed by atoms with Gasteiger partial charge in [-0.2, -0.15) is 4.31 Å². The standard InChI is InChI=1S/C18H21N3O4S2/c1-13-7-8-14(17(22)19-20-18(23)15-6-5-11-26-15)12-16(13)27(24,25)21-9-3-2-4-10-21/h5-8,11-12H,2-4,9-10H2,1H3,(H,19,22)(H,20,23). The number of nitrogens with one attached hydrogen (secondary N) is 2. The van der Waals surface area contributed by atoms with E-state index >= 15 is 0 Å². The lowest BCUT2D eigenvalue weighted by Gasteiger charge is -2.26. The van der Waals surface area contributed by atoms with Gasteiger partial charge in [-0.25, -0.2) is 8.42 Å². The summed E-state index contributed by atoms with van der Waals surface area (Å²) in [5.41, 5.74) is 5.41. The quantitative estimate of drug-likeness (QED) is 0.760. The Labute approximate surface area is 162 Å². The van der Waals surface area contributed by atoms with Crippen LogP contribution in [0.5, 0.6) is 0 Å². The van der Waals surface area contributed by atoms with Crippen molar-refractivity contribution in [1.29, 1.82) is 0 Å². The van der Waals surface area contributed by atoms with Crippen molar-refractivity contribution < 1.29 is 18.0 Å². The van der Waals surface area contributed by atoms with Gasteiger partial charge < -0.3 is 0 Å². The van der Waals surface area contributed by atoms with Crippen LogP contribution in [0.2, 0.25) is 0 Å². The molecule has 2 heterocycles. The van der Waals surface area contributed by atoms with Crippen molar-refractivity contribution in [3.05, 3.63) is 51.7 Å². The first kappa shape index (κ1) is 19.5. The lowest BCUT2D eigenvalue weighted by molar-refractivity contribution is 0.0848. The molecule has 0 bridgehead atoms. The van der Waals surface area contributed by atoms with Crippen molar-refractivity contribution in [3.63, 3.8) is 0 Å². The summed E-state index contributed by atoms with van der Waals surface area (Å²) in [7, 11) is -3.65. The van der Waals surface area contributed by atoms with Crippen molar-refractivity contribution in [3.8, 4) is 0 Å². The summed E-state index contributed by atoms with van der Waals surface area (Å²) in [4.78, 5) is 24.9. The number of hydrogen-bond donors (Lipinski definition) is 2. The summed E-state index contributed by atoms with van der Waals surface area (Å²) in [6, 6.07) is 7.89.